The summed E-state index contributed by atoms with van der Waals surface area (Å²) in [5.74, 6) is -0.315. The number of rotatable bonds is 5. The Morgan fingerprint density at radius 2 is 1.88 bits per heavy atom. The highest BCUT2D eigenvalue weighted by atomic mass is 28.4. The predicted molar refractivity (Wildman–Crippen MR) is 73.5 cm³/mol. The maximum absolute atomic E-state index is 10.9. The molecule has 0 saturated heterocycles. The second-order valence-corrected chi connectivity index (χ2v) is 10.6. The van der Waals surface area contributed by atoms with Crippen LogP contribution in [0.4, 0.5) is 0 Å². The summed E-state index contributed by atoms with van der Waals surface area (Å²) in [6, 6.07) is 0. The van der Waals surface area contributed by atoms with Crippen LogP contribution >= 0.6 is 0 Å². The SMILES string of the molecule is COC(=O)/C=C/C[C@H](C)O[Si](C)(C)C(C)(C)C. The Labute approximate surface area is 106 Å². The first-order valence-electron chi connectivity index (χ1n) is 6.02. The molecule has 0 aliphatic rings. The zero-order valence-corrected chi connectivity index (χ0v) is 13.2. The van der Waals surface area contributed by atoms with E-state index in [1.165, 1.54) is 13.2 Å². The number of esters is 1. The Balaban J connectivity index is 4.24. The normalized spacial score (nSPS) is 15.0. The Hall–Kier alpha value is -0.613. The molecule has 17 heavy (non-hydrogen) atoms. The lowest BCUT2D eigenvalue weighted by atomic mass is 10.2. The van der Waals surface area contributed by atoms with E-state index < -0.39 is 8.32 Å². The number of methoxy groups -OCH3 is 1. The van der Waals surface area contributed by atoms with Crippen molar-refractivity contribution in [1.82, 2.24) is 0 Å². The largest absolute Gasteiger partial charge is 0.466 e. The molecule has 0 rings (SSSR count). The average molecular weight is 258 g/mol. The molecule has 4 heteroatoms. The maximum atomic E-state index is 10.9. The summed E-state index contributed by atoms with van der Waals surface area (Å²) in [7, 11) is -0.326. The number of ether oxygens (including phenoxy) is 1. The molecule has 0 aromatic rings. The van der Waals surface area contributed by atoms with Crippen LogP contribution in [0.15, 0.2) is 12.2 Å². The van der Waals surface area contributed by atoms with Crippen LogP contribution in [-0.4, -0.2) is 27.5 Å². The molecule has 0 amide bonds. The van der Waals surface area contributed by atoms with Crippen molar-refractivity contribution in [2.45, 2.75) is 58.4 Å². The van der Waals surface area contributed by atoms with Gasteiger partial charge in [-0.1, -0.05) is 26.8 Å². The van der Waals surface area contributed by atoms with Crippen molar-refractivity contribution in [2.75, 3.05) is 7.11 Å². The van der Waals surface area contributed by atoms with Crippen molar-refractivity contribution in [2.24, 2.45) is 0 Å². The van der Waals surface area contributed by atoms with Crippen LogP contribution in [-0.2, 0) is 14.0 Å². The first-order valence-corrected chi connectivity index (χ1v) is 8.93. The summed E-state index contributed by atoms with van der Waals surface area (Å²) < 4.78 is 10.7. The molecular formula is C13H26O3Si. The Morgan fingerprint density at radius 3 is 2.29 bits per heavy atom. The molecule has 0 spiro atoms. The molecule has 0 heterocycles. The Kier molecular flexibility index (Phi) is 6.13. The smallest absolute Gasteiger partial charge is 0.330 e. The molecule has 0 unspecified atom stereocenters. The van der Waals surface area contributed by atoms with Crippen molar-refractivity contribution >= 4 is 14.3 Å². The summed E-state index contributed by atoms with van der Waals surface area (Å²) in [4.78, 5) is 10.9. The fourth-order valence-electron chi connectivity index (χ4n) is 1.15. The molecule has 100 valence electrons. The van der Waals surface area contributed by atoms with E-state index in [1.807, 2.05) is 13.0 Å². The molecule has 0 aromatic heterocycles. The van der Waals surface area contributed by atoms with E-state index in [1.54, 1.807) is 0 Å². The third-order valence-electron chi connectivity index (χ3n) is 3.23. The topological polar surface area (TPSA) is 35.5 Å². The van der Waals surface area contributed by atoms with Crippen molar-refractivity contribution in [3.8, 4) is 0 Å². The molecule has 0 radical (unpaired) electrons. The van der Waals surface area contributed by atoms with Gasteiger partial charge >= 0.3 is 5.97 Å². The van der Waals surface area contributed by atoms with Gasteiger partial charge in [-0.05, 0) is 31.5 Å². The zero-order chi connectivity index (χ0) is 13.7. The standard InChI is InChI=1S/C13H26O3Si/c1-11(9-8-10-12(14)15-5)16-17(6,7)13(2,3)4/h8,10-11H,9H2,1-7H3/b10-8+/t11-/m0/s1. The van der Waals surface area contributed by atoms with Gasteiger partial charge in [0.1, 0.15) is 0 Å². The minimum atomic E-state index is -1.70. The van der Waals surface area contributed by atoms with E-state index in [0.717, 1.165) is 6.42 Å². The third kappa shape index (κ3) is 6.03. The number of hydrogen-bond acceptors (Lipinski definition) is 3. The Morgan fingerprint density at radius 1 is 1.35 bits per heavy atom. The van der Waals surface area contributed by atoms with Crippen LogP contribution < -0.4 is 0 Å². The number of carbonyl (C=O) groups is 1. The van der Waals surface area contributed by atoms with E-state index in [2.05, 4.69) is 38.6 Å². The van der Waals surface area contributed by atoms with Gasteiger partial charge in [-0.15, -0.1) is 0 Å². The minimum absolute atomic E-state index is 0.136. The maximum Gasteiger partial charge on any atom is 0.330 e. The molecule has 0 aliphatic heterocycles. The van der Waals surface area contributed by atoms with Gasteiger partial charge < -0.3 is 9.16 Å². The molecular weight excluding hydrogens is 232 g/mol. The molecule has 1 atom stereocenters. The highest BCUT2D eigenvalue weighted by molar-refractivity contribution is 6.74. The summed E-state index contributed by atoms with van der Waals surface area (Å²) in [6.45, 7) is 13.2. The fraction of sp³-hybridized carbons (Fsp3) is 0.769. The molecule has 0 fully saturated rings. The van der Waals surface area contributed by atoms with Crippen molar-refractivity contribution in [1.29, 1.82) is 0 Å². The summed E-state index contributed by atoms with van der Waals surface area (Å²) in [5, 5.41) is 0.216. The highest BCUT2D eigenvalue weighted by Gasteiger charge is 2.38. The lowest BCUT2D eigenvalue weighted by Crippen LogP contribution is -2.43. The van der Waals surface area contributed by atoms with Crippen LogP contribution in [0, 0.1) is 0 Å². The molecule has 0 bridgehead atoms. The van der Waals surface area contributed by atoms with E-state index in [-0.39, 0.29) is 17.1 Å². The quantitative estimate of drug-likeness (QED) is 0.430. The fourth-order valence-corrected chi connectivity index (χ4v) is 2.61. The first-order chi connectivity index (χ1) is 7.60. The predicted octanol–water partition coefficient (Wildman–Crippen LogP) is 3.52. The lowest BCUT2D eigenvalue weighted by Gasteiger charge is -2.38. The lowest BCUT2D eigenvalue weighted by molar-refractivity contribution is -0.134. The number of hydrogen-bond donors (Lipinski definition) is 0. The second-order valence-electron chi connectivity index (χ2n) is 5.85. The van der Waals surface area contributed by atoms with E-state index >= 15 is 0 Å². The monoisotopic (exact) mass is 258 g/mol. The molecule has 0 saturated carbocycles. The van der Waals surface area contributed by atoms with Crippen LogP contribution in [0.2, 0.25) is 18.1 Å². The minimum Gasteiger partial charge on any atom is -0.466 e. The van der Waals surface area contributed by atoms with Gasteiger partial charge in [0.2, 0.25) is 0 Å². The van der Waals surface area contributed by atoms with Crippen LogP contribution in [0.5, 0.6) is 0 Å². The summed E-state index contributed by atoms with van der Waals surface area (Å²) in [6.07, 6.45) is 4.13. The third-order valence-corrected chi connectivity index (χ3v) is 7.83. The van der Waals surface area contributed by atoms with Crippen molar-refractivity contribution in [3.05, 3.63) is 12.2 Å². The van der Waals surface area contributed by atoms with Gasteiger partial charge in [0, 0.05) is 12.2 Å². The van der Waals surface area contributed by atoms with Crippen molar-refractivity contribution < 1.29 is 14.0 Å². The van der Waals surface area contributed by atoms with E-state index in [9.17, 15) is 4.79 Å². The van der Waals surface area contributed by atoms with Gasteiger partial charge in [0.15, 0.2) is 8.32 Å². The van der Waals surface area contributed by atoms with E-state index in [4.69, 9.17) is 4.43 Å². The highest BCUT2D eigenvalue weighted by Crippen LogP contribution is 2.37. The molecule has 0 aliphatic carbocycles. The molecule has 0 N–H and O–H groups in total. The summed E-state index contributed by atoms with van der Waals surface area (Å²) in [5.41, 5.74) is 0. The van der Waals surface area contributed by atoms with Gasteiger partial charge in [-0.2, -0.15) is 0 Å². The van der Waals surface area contributed by atoms with Crippen molar-refractivity contribution in [3.63, 3.8) is 0 Å². The second kappa shape index (κ2) is 6.35. The molecule has 0 aromatic carbocycles. The Bertz CT molecular complexity index is 277. The van der Waals surface area contributed by atoms with Crippen LogP contribution in [0.25, 0.3) is 0 Å². The number of carbonyl (C=O) groups excluding carboxylic acids is 1. The summed E-state index contributed by atoms with van der Waals surface area (Å²) >= 11 is 0. The van der Waals surface area contributed by atoms with E-state index in [0.29, 0.717) is 0 Å². The van der Waals surface area contributed by atoms with Gasteiger partial charge in [-0.25, -0.2) is 4.79 Å². The zero-order valence-electron chi connectivity index (χ0n) is 12.2. The van der Waals surface area contributed by atoms with Gasteiger partial charge in [-0.3, -0.25) is 0 Å². The molecule has 3 nitrogen and oxygen atoms in total. The average Bonchev–Trinajstić information content (AvgIpc) is 2.14. The van der Waals surface area contributed by atoms with Gasteiger partial charge in [0.05, 0.1) is 7.11 Å². The van der Waals surface area contributed by atoms with Gasteiger partial charge in [0.25, 0.3) is 0 Å². The van der Waals surface area contributed by atoms with Crippen LogP contribution in [0.1, 0.15) is 34.1 Å². The van der Waals surface area contributed by atoms with Crippen LogP contribution in [0.3, 0.4) is 0 Å². The first kappa shape index (κ1) is 16.4.